The summed E-state index contributed by atoms with van der Waals surface area (Å²) in [6, 6.07) is 7.71. The molecular formula is C18H28N2O3. The average Bonchev–Trinajstić information content (AvgIpc) is 2.54. The largest absolute Gasteiger partial charge is 0.320 e. The van der Waals surface area contributed by atoms with Gasteiger partial charge < -0.3 is 5.32 Å². The molecule has 1 aromatic rings. The first-order valence-corrected chi connectivity index (χ1v) is 8.64. The normalized spacial score (nSPS) is 11.9. The van der Waals surface area contributed by atoms with E-state index in [0.717, 1.165) is 19.3 Å². The van der Waals surface area contributed by atoms with Crippen LogP contribution in [0.3, 0.4) is 0 Å². The minimum atomic E-state index is -1.16. The van der Waals surface area contributed by atoms with Gasteiger partial charge in [-0.05, 0) is 18.6 Å². The van der Waals surface area contributed by atoms with Crippen LogP contribution >= 0.6 is 0 Å². The second-order valence-electron chi connectivity index (χ2n) is 5.92. The quantitative estimate of drug-likeness (QED) is 0.341. The van der Waals surface area contributed by atoms with Gasteiger partial charge in [-0.1, -0.05) is 70.1 Å². The summed E-state index contributed by atoms with van der Waals surface area (Å²) in [5.74, 6) is -0.524. The van der Waals surface area contributed by atoms with Gasteiger partial charge in [0.25, 0.3) is 11.9 Å². The van der Waals surface area contributed by atoms with Crippen molar-refractivity contribution < 1.29 is 9.72 Å². The third-order valence-corrected chi connectivity index (χ3v) is 3.93. The second-order valence-corrected chi connectivity index (χ2v) is 5.92. The fraction of sp³-hybridized carbons (Fsp3) is 0.611. The Morgan fingerprint density at radius 1 is 1.04 bits per heavy atom. The molecule has 128 valence electrons. The van der Waals surface area contributed by atoms with Crippen LogP contribution in [0.1, 0.15) is 64.7 Å². The number of nitro groups is 1. The Balaban J connectivity index is 2.26. The van der Waals surface area contributed by atoms with E-state index in [1.807, 2.05) is 6.07 Å². The Morgan fingerprint density at radius 2 is 1.61 bits per heavy atom. The average molecular weight is 320 g/mol. The van der Waals surface area contributed by atoms with E-state index in [9.17, 15) is 14.9 Å². The summed E-state index contributed by atoms with van der Waals surface area (Å²) in [5.41, 5.74) is 0.597. The first kappa shape index (κ1) is 19.1. The summed E-state index contributed by atoms with van der Waals surface area (Å²) in [5, 5.41) is 13.7. The molecule has 5 heteroatoms. The Kier molecular flexibility index (Phi) is 9.68. The van der Waals surface area contributed by atoms with Crippen LogP contribution in [0.15, 0.2) is 30.3 Å². The Labute approximate surface area is 138 Å². The van der Waals surface area contributed by atoms with Gasteiger partial charge in [-0.3, -0.25) is 14.9 Å². The van der Waals surface area contributed by atoms with Gasteiger partial charge in [-0.25, -0.2) is 0 Å². The van der Waals surface area contributed by atoms with Crippen LogP contribution in [0, 0.1) is 10.1 Å². The van der Waals surface area contributed by atoms with Gasteiger partial charge in [0.1, 0.15) is 0 Å². The van der Waals surface area contributed by atoms with Gasteiger partial charge >= 0.3 is 0 Å². The summed E-state index contributed by atoms with van der Waals surface area (Å²) in [6.45, 7) is 2.19. The lowest BCUT2D eigenvalue weighted by Gasteiger charge is -2.10. The van der Waals surface area contributed by atoms with Crippen molar-refractivity contribution in [1.29, 1.82) is 0 Å². The molecule has 1 rings (SSSR count). The number of amides is 1. The van der Waals surface area contributed by atoms with Crippen LogP contribution in [0.5, 0.6) is 0 Å². The summed E-state index contributed by atoms with van der Waals surface area (Å²) >= 11 is 0. The maximum Gasteiger partial charge on any atom is 0.299 e. The van der Waals surface area contributed by atoms with Crippen LogP contribution in [0.25, 0.3) is 0 Å². The molecule has 0 aliphatic heterocycles. The third-order valence-electron chi connectivity index (χ3n) is 3.93. The van der Waals surface area contributed by atoms with E-state index in [2.05, 4.69) is 12.2 Å². The van der Waals surface area contributed by atoms with Crippen molar-refractivity contribution in [3.63, 3.8) is 0 Å². The molecule has 0 aliphatic rings. The highest BCUT2D eigenvalue weighted by molar-refractivity contribution is 5.93. The standard InChI is InChI=1S/C18H28N2O3/c1-2-3-4-5-6-7-8-12-15-17(20(22)23)18(21)19-16-13-10-9-11-14-16/h9-11,13-14,17H,2-8,12,15H2,1H3,(H,19,21). The molecule has 0 saturated heterocycles. The third kappa shape index (κ3) is 8.33. The molecule has 1 atom stereocenters. The van der Waals surface area contributed by atoms with Gasteiger partial charge in [0.05, 0.1) is 0 Å². The Morgan fingerprint density at radius 3 is 2.17 bits per heavy atom. The van der Waals surface area contributed by atoms with Crippen LogP contribution in [-0.4, -0.2) is 16.9 Å². The maximum absolute atomic E-state index is 12.0. The van der Waals surface area contributed by atoms with Crippen LogP contribution < -0.4 is 5.32 Å². The van der Waals surface area contributed by atoms with Crippen molar-refractivity contribution in [2.45, 2.75) is 70.8 Å². The number of unbranched alkanes of at least 4 members (excludes halogenated alkanes) is 7. The van der Waals surface area contributed by atoms with Gasteiger partial charge in [0.2, 0.25) is 0 Å². The van der Waals surface area contributed by atoms with Gasteiger partial charge in [0, 0.05) is 17.0 Å². The molecule has 0 heterocycles. The molecule has 1 aromatic carbocycles. The van der Waals surface area contributed by atoms with Crippen molar-refractivity contribution in [3.05, 3.63) is 40.4 Å². The smallest absolute Gasteiger partial charge is 0.299 e. The predicted octanol–water partition coefficient (Wildman–Crippen LogP) is 4.80. The van der Waals surface area contributed by atoms with Crippen molar-refractivity contribution in [2.24, 2.45) is 0 Å². The van der Waals surface area contributed by atoms with E-state index in [0.29, 0.717) is 12.1 Å². The number of nitrogens with one attached hydrogen (secondary N) is 1. The molecule has 1 unspecified atom stereocenters. The number of hydrogen-bond donors (Lipinski definition) is 1. The summed E-state index contributed by atoms with van der Waals surface area (Å²) in [7, 11) is 0. The van der Waals surface area contributed by atoms with E-state index >= 15 is 0 Å². The van der Waals surface area contributed by atoms with Crippen molar-refractivity contribution in [1.82, 2.24) is 0 Å². The molecule has 1 N–H and O–H groups in total. The monoisotopic (exact) mass is 320 g/mol. The van der Waals surface area contributed by atoms with E-state index in [4.69, 9.17) is 0 Å². The Bertz CT molecular complexity index is 463. The second kappa shape index (κ2) is 11.6. The molecule has 1 amide bonds. The highest BCUT2D eigenvalue weighted by Crippen LogP contribution is 2.13. The lowest BCUT2D eigenvalue weighted by molar-refractivity contribution is -0.508. The first-order chi connectivity index (χ1) is 11.1. The first-order valence-electron chi connectivity index (χ1n) is 8.64. The van der Waals surface area contributed by atoms with Crippen molar-refractivity contribution in [2.75, 3.05) is 5.32 Å². The minimum absolute atomic E-state index is 0.306. The molecule has 0 spiro atoms. The summed E-state index contributed by atoms with van der Waals surface area (Å²) < 4.78 is 0. The molecule has 23 heavy (non-hydrogen) atoms. The topological polar surface area (TPSA) is 72.2 Å². The number of anilines is 1. The lowest BCUT2D eigenvalue weighted by atomic mass is 10.0. The molecule has 0 fully saturated rings. The number of nitrogens with zero attached hydrogens (tertiary/aromatic N) is 1. The van der Waals surface area contributed by atoms with Gasteiger partial charge in [-0.2, -0.15) is 0 Å². The zero-order chi connectivity index (χ0) is 16.9. The molecular weight excluding hydrogens is 292 g/mol. The number of rotatable bonds is 12. The summed E-state index contributed by atoms with van der Waals surface area (Å²) in [4.78, 5) is 22.7. The molecule has 0 aromatic heterocycles. The van der Waals surface area contributed by atoms with E-state index in [-0.39, 0.29) is 0 Å². The van der Waals surface area contributed by atoms with Crippen LogP contribution in [0.4, 0.5) is 5.69 Å². The van der Waals surface area contributed by atoms with Gasteiger partial charge in [0.15, 0.2) is 0 Å². The zero-order valence-corrected chi connectivity index (χ0v) is 14.0. The lowest BCUT2D eigenvalue weighted by Crippen LogP contribution is -2.34. The number of hydrogen-bond acceptors (Lipinski definition) is 3. The highest BCUT2D eigenvalue weighted by Gasteiger charge is 2.28. The molecule has 0 saturated carbocycles. The predicted molar refractivity (Wildman–Crippen MR) is 93.1 cm³/mol. The minimum Gasteiger partial charge on any atom is -0.320 e. The fourth-order valence-corrected chi connectivity index (χ4v) is 2.55. The summed E-state index contributed by atoms with van der Waals surface area (Å²) in [6.07, 6.45) is 9.28. The van der Waals surface area contributed by atoms with E-state index in [1.165, 1.54) is 32.1 Å². The van der Waals surface area contributed by atoms with Gasteiger partial charge in [-0.15, -0.1) is 0 Å². The number of carbonyl (C=O) groups excluding carboxylic acids is 1. The number of carbonyl (C=O) groups is 1. The number of benzene rings is 1. The van der Waals surface area contributed by atoms with Crippen molar-refractivity contribution >= 4 is 11.6 Å². The van der Waals surface area contributed by atoms with Crippen LogP contribution in [-0.2, 0) is 4.79 Å². The molecule has 0 aliphatic carbocycles. The van der Waals surface area contributed by atoms with Crippen molar-refractivity contribution in [3.8, 4) is 0 Å². The SMILES string of the molecule is CCCCCCCCCCC(C(=O)Nc1ccccc1)[N+](=O)[O-]. The maximum atomic E-state index is 12.0. The molecule has 5 nitrogen and oxygen atoms in total. The highest BCUT2D eigenvalue weighted by atomic mass is 16.6. The zero-order valence-electron chi connectivity index (χ0n) is 14.0. The van der Waals surface area contributed by atoms with E-state index < -0.39 is 16.9 Å². The molecule has 0 radical (unpaired) electrons. The Hall–Kier alpha value is -1.91. The molecule has 0 bridgehead atoms. The number of para-hydroxylation sites is 1. The fourth-order valence-electron chi connectivity index (χ4n) is 2.55. The van der Waals surface area contributed by atoms with E-state index in [1.54, 1.807) is 24.3 Å². The van der Waals surface area contributed by atoms with Crippen LogP contribution in [0.2, 0.25) is 0 Å².